The molecule has 2 heterocycles. The van der Waals surface area contributed by atoms with Crippen molar-refractivity contribution in [3.63, 3.8) is 0 Å². The first kappa shape index (κ1) is 17.9. The van der Waals surface area contributed by atoms with Gasteiger partial charge in [-0.3, -0.25) is 10.3 Å². The number of nitrogens with two attached hydrogens (primary N) is 1. The number of aryl methyl sites for hydroxylation is 1. The van der Waals surface area contributed by atoms with E-state index in [0.29, 0.717) is 17.0 Å². The Morgan fingerprint density at radius 2 is 2.24 bits per heavy atom. The largest absolute Gasteiger partial charge is 0.383 e. The van der Waals surface area contributed by atoms with Crippen molar-refractivity contribution in [2.24, 2.45) is 5.10 Å². The van der Waals surface area contributed by atoms with Crippen molar-refractivity contribution >= 4 is 28.5 Å². The summed E-state index contributed by atoms with van der Waals surface area (Å²) in [5.41, 5.74) is 13.7. The summed E-state index contributed by atoms with van der Waals surface area (Å²) >= 11 is 1.45. The fourth-order valence-electron chi connectivity index (χ4n) is 3.37. The Kier molecular flexibility index (Phi) is 5.71. The first-order valence-corrected chi connectivity index (χ1v) is 9.75. The van der Waals surface area contributed by atoms with E-state index in [0.717, 1.165) is 12.1 Å². The molecule has 1 aromatic carbocycles. The van der Waals surface area contributed by atoms with E-state index in [4.69, 9.17) is 5.73 Å². The summed E-state index contributed by atoms with van der Waals surface area (Å²) < 4.78 is 0. The zero-order valence-electron chi connectivity index (χ0n) is 15.2. The smallest absolute Gasteiger partial charge is 0.205 e. The fraction of sp³-hybridized carbons (Fsp3) is 0.474. The minimum absolute atomic E-state index is 0.521. The van der Waals surface area contributed by atoms with Gasteiger partial charge in [0.05, 0.1) is 6.21 Å². The predicted octanol–water partition coefficient (Wildman–Crippen LogP) is 4.16. The third-order valence-electron chi connectivity index (χ3n) is 4.90. The standard InChI is InChI=1S/C19H27N5S/c1-13-8-16(10-21-23-19-22-18(20)12-25-19)15(3)17(9-13)11-24-7-5-4-6-14(24)2/h8-10,12,14H,4-7,11,20H2,1-3H3,(H,22,23). The third kappa shape index (κ3) is 4.58. The topological polar surface area (TPSA) is 66.5 Å². The molecule has 1 unspecified atom stereocenters. The summed E-state index contributed by atoms with van der Waals surface area (Å²) in [6.45, 7) is 8.90. The second-order valence-corrected chi connectivity index (χ2v) is 7.76. The molecule has 6 heteroatoms. The average Bonchev–Trinajstić information content (AvgIpc) is 2.99. The van der Waals surface area contributed by atoms with Gasteiger partial charge in [-0.1, -0.05) is 24.1 Å². The van der Waals surface area contributed by atoms with Crippen LogP contribution in [0.1, 0.15) is 48.4 Å². The van der Waals surface area contributed by atoms with Crippen molar-refractivity contribution in [2.75, 3.05) is 17.7 Å². The summed E-state index contributed by atoms with van der Waals surface area (Å²) in [6, 6.07) is 5.16. The molecule has 0 bridgehead atoms. The van der Waals surface area contributed by atoms with E-state index >= 15 is 0 Å². The van der Waals surface area contributed by atoms with E-state index in [-0.39, 0.29) is 0 Å². The van der Waals surface area contributed by atoms with Crippen LogP contribution in [-0.4, -0.2) is 28.7 Å². The van der Waals surface area contributed by atoms with Gasteiger partial charge in [0.15, 0.2) is 0 Å². The molecule has 3 N–H and O–H groups in total. The summed E-state index contributed by atoms with van der Waals surface area (Å²) in [6.07, 6.45) is 5.85. The molecule has 1 aliphatic heterocycles. The average molecular weight is 358 g/mol. The van der Waals surface area contributed by atoms with E-state index in [9.17, 15) is 0 Å². The molecule has 5 nitrogen and oxygen atoms in total. The Labute approximate surface area is 154 Å². The number of hydrogen-bond acceptors (Lipinski definition) is 6. The van der Waals surface area contributed by atoms with Gasteiger partial charge in [-0.25, -0.2) is 4.98 Å². The number of benzene rings is 1. The van der Waals surface area contributed by atoms with Crippen LogP contribution >= 0.6 is 11.3 Å². The summed E-state index contributed by atoms with van der Waals surface area (Å²) in [7, 11) is 0. The second kappa shape index (κ2) is 7.97. The van der Waals surface area contributed by atoms with Gasteiger partial charge >= 0.3 is 0 Å². The molecule has 3 rings (SSSR count). The molecule has 1 fully saturated rings. The number of likely N-dealkylation sites (tertiary alicyclic amines) is 1. The Morgan fingerprint density at radius 1 is 1.40 bits per heavy atom. The van der Waals surface area contributed by atoms with E-state index in [1.54, 1.807) is 5.38 Å². The Hall–Kier alpha value is -1.92. The summed E-state index contributed by atoms with van der Waals surface area (Å²) in [5, 5.41) is 6.84. The van der Waals surface area contributed by atoms with Crippen molar-refractivity contribution in [1.29, 1.82) is 0 Å². The lowest BCUT2D eigenvalue weighted by atomic mass is 9.97. The number of hydrazone groups is 1. The molecule has 0 aliphatic carbocycles. The van der Waals surface area contributed by atoms with Gasteiger partial charge in [0.2, 0.25) is 5.13 Å². The minimum atomic E-state index is 0.521. The fourth-order valence-corrected chi connectivity index (χ4v) is 3.92. The van der Waals surface area contributed by atoms with Crippen molar-refractivity contribution in [3.8, 4) is 0 Å². The van der Waals surface area contributed by atoms with E-state index in [1.165, 1.54) is 53.8 Å². The van der Waals surface area contributed by atoms with Gasteiger partial charge in [-0.05, 0) is 56.8 Å². The van der Waals surface area contributed by atoms with E-state index < -0.39 is 0 Å². The monoisotopic (exact) mass is 357 g/mol. The summed E-state index contributed by atoms with van der Waals surface area (Å²) in [4.78, 5) is 6.75. The van der Waals surface area contributed by atoms with Crippen LogP contribution in [0.25, 0.3) is 0 Å². The zero-order chi connectivity index (χ0) is 17.8. The highest BCUT2D eigenvalue weighted by Gasteiger charge is 2.19. The SMILES string of the molecule is Cc1cc(C=NNc2nc(N)cs2)c(C)c(CN2CCCCC2C)c1. The molecule has 0 saturated carbocycles. The normalized spacial score (nSPS) is 18.8. The molecule has 0 spiro atoms. The maximum absolute atomic E-state index is 5.63. The van der Waals surface area contributed by atoms with Crippen LogP contribution < -0.4 is 11.2 Å². The van der Waals surface area contributed by atoms with Crippen molar-refractivity contribution in [1.82, 2.24) is 9.88 Å². The first-order valence-electron chi connectivity index (χ1n) is 8.87. The lowest BCUT2D eigenvalue weighted by Crippen LogP contribution is -2.37. The number of aromatic nitrogens is 1. The lowest BCUT2D eigenvalue weighted by molar-refractivity contribution is 0.152. The van der Waals surface area contributed by atoms with E-state index in [2.05, 4.69) is 53.3 Å². The van der Waals surface area contributed by atoms with Crippen LogP contribution in [0.2, 0.25) is 0 Å². The number of thiazole rings is 1. The van der Waals surface area contributed by atoms with Gasteiger partial charge in [0, 0.05) is 18.0 Å². The van der Waals surface area contributed by atoms with Gasteiger partial charge in [0.25, 0.3) is 0 Å². The second-order valence-electron chi connectivity index (χ2n) is 6.90. The molecule has 1 aliphatic rings. The highest BCUT2D eigenvalue weighted by Crippen LogP contribution is 2.23. The van der Waals surface area contributed by atoms with E-state index in [1.807, 2.05) is 6.21 Å². The van der Waals surface area contributed by atoms with Gasteiger partial charge in [-0.2, -0.15) is 5.10 Å². The molecular formula is C19H27N5S. The number of rotatable bonds is 5. The highest BCUT2D eigenvalue weighted by atomic mass is 32.1. The zero-order valence-corrected chi connectivity index (χ0v) is 16.1. The predicted molar refractivity (Wildman–Crippen MR) is 107 cm³/mol. The number of piperidine rings is 1. The molecule has 2 aromatic rings. The van der Waals surface area contributed by atoms with Crippen molar-refractivity contribution < 1.29 is 0 Å². The van der Waals surface area contributed by atoms with Gasteiger partial charge in [0.1, 0.15) is 5.82 Å². The Morgan fingerprint density at radius 3 is 2.96 bits per heavy atom. The van der Waals surface area contributed by atoms with Gasteiger partial charge in [-0.15, -0.1) is 11.3 Å². The summed E-state index contributed by atoms with van der Waals surface area (Å²) in [5.74, 6) is 0.521. The number of nitrogens with zero attached hydrogens (tertiary/aromatic N) is 3. The van der Waals surface area contributed by atoms with Crippen LogP contribution in [0.3, 0.4) is 0 Å². The minimum Gasteiger partial charge on any atom is -0.383 e. The van der Waals surface area contributed by atoms with Crippen molar-refractivity contribution in [3.05, 3.63) is 39.8 Å². The van der Waals surface area contributed by atoms with Crippen LogP contribution in [0.15, 0.2) is 22.6 Å². The molecule has 1 saturated heterocycles. The number of nitrogen functional groups attached to an aromatic ring is 1. The third-order valence-corrected chi connectivity index (χ3v) is 5.66. The maximum atomic E-state index is 5.63. The number of hydrogen-bond donors (Lipinski definition) is 2. The van der Waals surface area contributed by atoms with Crippen molar-refractivity contribution in [2.45, 2.75) is 52.6 Å². The Bertz CT molecular complexity index is 752. The highest BCUT2D eigenvalue weighted by molar-refractivity contribution is 7.14. The maximum Gasteiger partial charge on any atom is 0.205 e. The molecule has 0 amide bonds. The molecule has 1 atom stereocenters. The van der Waals surface area contributed by atoms with Crippen LogP contribution in [0.5, 0.6) is 0 Å². The first-order chi connectivity index (χ1) is 12.0. The van der Waals surface area contributed by atoms with Gasteiger partial charge < -0.3 is 5.73 Å². The molecule has 25 heavy (non-hydrogen) atoms. The number of nitrogens with one attached hydrogen (secondary N) is 1. The lowest BCUT2D eigenvalue weighted by Gasteiger charge is -2.34. The molecule has 134 valence electrons. The molecular weight excluding hydrogens is 330 g/mol. The van der Waals surface area contributed by atoms with Crippen LogP contribution in [0.4, 0.5) is 10.9 Å². The molecule has 0 radical (unpaired) electrons. The Balaban J connectivity index is 1.74. The van der Waals surface area contributed by atoms with Crippen LogP contribution in [-0.2, 0) is 6.54 Å². The quantitative estimate of drug-likeness (QED) is 0.623. The molecule has 1 aromatic heterocycles. The van der Waals surface area contributed by atoms with Crippen LogP contribution in [0, 0.1) is 13.8 Å². The number of anilines is 2.